The van der Waals surface area contributed by atoms with Crippen LogP contribution in [0.5, 0.6) is 0 Å². The molecule has 2 atom stereocenters. The zero-order valence-corrected chi connectivity index (χ0v) is 16.5. The van der Waals surface area contributed by atoms with E-state index >= 15 is 0 Å². The van der Waals surface area contributed by atoms with Gasteiger partial charge in [-0.15, -0.1) is 0 Å². The van der Waals surface area contributed by atoms with E-state index in [9.17, 15) is 14.7 Å². The average molecular weight is 394 g/mol. The first kappa shape index (κ1) is 21.8. The molecular formula is C22H26N4O3. The minimum absolute atomic E-state index is 0.260. The minimum Gasteiger partial charge on any atom is -0.381 e. The fourth-order valence-corrected chi connectivity index (χ4v) is 2.81. The Morgan fingerprint density at radius 1 is 1.07 bits per heavy atom. The van der Waals surface area contributed by atoms with Crippen molar-refractivity contribution < 1.29 is 14.7 Å². The van der Waals surface area contributed by atoms with Crippen molar-refractivity contribution in [2.24, 2.45) is 5.73 Å². The summed E-state index contributed by atoms with van der Waals surface area (Å²) in [5, 5.41) is 12.9. The first-order chi connectivity index (χ1) is 14.1. The van der Waals surface area contributed by atoms with Crippen LogP contribution in [0.15, 0.2) is 73.2 Å². The molecule has 1 aromatic heterocycles. The number of hydrogen-bond donors (Lipinski definition) is 3. The lowest BCUT2D eigenvalue weighted by Gasteiger charge is -2.22. The van der Waals surface area contributed by atoms with Gasteiger partial charge in [-0.25, -0.2) is 4.98 Å². The summed E-state index contributed by atoms with van der Waals surface area (Å²) in [6, 6.07) is 17.7. The molecule has 3 rings (SSSR count). The number of hydrogen-bond acceptors (Lipinski definition) is 4. The maximum atomic E-state index is 12.8. The number of aromatic nitrogens is 2. The lowest BCUT2D eigenvalue weighted by molar-refractivity contribution is -0.127. The number of primary amides is 1. The summed E-state index contributed by atoms with van der Waals surface area (Å²) in [7, 11) is 0. The van der Waals surface area contributed by atoms with E-state index in [0.29, 0.717) is 0 Å². The minimum atomic E-state index is -1.51. The molecule has 29 heavy (non-hydrogen) atoms. The predicted molar refractivity (Wildman–Crippen MR) is 112 cm³/mol. The van der Waals surface area contributed by atoms with Gasteiger partial charge >= 0.3 is 0 Å². The van der Waals surface area contributed by atoms with Crippen molar-refractivity contribution >= 4 is 11.8 Å². The van der Waals surface area contributed by atoms with Crippen molar-refractivity contribution in [2.45, 2.75) is 32.4 Å². The predicted octanol–water partition coefficient (Wildman–Crippen LogP) is 2.09. The molecule has 0 saturated carbocycles. The van der Waals surface area contributed by atoms with E-state index in [2.05, 4.69) is 10.3 Å². The highest BCUT2D eigenvalue weighted by Crippen LogP contribution is 2.12. The molecule has 4 N–H and O–H groups in total. The lowest BCUT2D eigenvalue weighted by Crippen LogP contribution is -2.50. The number of carbonyl (C=O) groups excluding carboxylic acids is 2. The second kappa shape index (κ2) is 10.8. The molecule has 0 spiro atoms. The van der Waals surface area contributed by atoms with Gasteiger partial charge in [0.2, 0.25) is 5.91 Å². The highest BCUT2D eigenvalue weighted by molar-refractivity contribution is 5.94. The molecule has 0 saturated heterocycles. The van der Waals surface area contributed by atoms with Crippen LogP contribution in [0.3, 0.4) is 0 Å². The van der Waals surface area contributed by atoms with Crippen LogP contribution in [0, 0.1) is 0 Å². The molecule has 0 aliphatic rings. The van der Waals surface area contributed by atoms with Gasteiger partial charge in [-0.3, -0.25) is 14.2 Å². The lowest BCUT2D eigenvalue weighted by atomic mass is 10.0. The standard InChI is InChI=1S/C20H20N4O3.C2H6/c21-19(26)18(25)16(11-14-7-3-1-4-8-14)23-20(27)17-12-22-13-24(17)15-9-5-2-6-10-15;1-2/h1-10,12-13,16,18,25H,11H2,(H2,21,26)(H,23,27);1-2H3/t16-,18?;/m0./s1. The third-order valence-electron chi connectivity index (χ3n) is 4.19. The summed E-state index contributed by atoms with van der Waals surface area (Å²) >= 11 is 0. The van der Waals surface area contributed by atoms with Gasteiger partial charge in [0, 0.05) is 5.69 Å². The largest absolute Gasteiger partial charge is 0.381 e. The molecule has 2 amide bonds. The quantitative estimate of drug-likeness (QED) is 0.570. The van der Waals surface area contributed by atoms with Crippen molar-refractivity contribution in [1.29, 1.82) is 0 Å². The Morgan fingerprint density at radius 3 is 2.24 bits per heavy atom. The Bertz CT molecular complexity index is 910. The van der Waals surface area contributed by atoms with Crippen LogP contribution in [0.2, 0.25) is 0 Å². The van der Waals surface area contributed by atoms with Crippen LogP contribution in [-0.4, -0.2) is 38.6 Å². The molecule has 152 valence electrons. The smallest absolute Gasteiger partial charge is 0.270 e. The summed E-state index contributed by atoms with van der Waals surface area (Å²) in [6.07, 6.45) is 1.71. The zero-order chi connectivity index (χ0) is 21.2. The summed E-state index contributed by atoms with van der Waals surface area (Å²) in [6.45, 7) is 4.00. The molecule has 0 bridgehead atoms. The molecule has 2 aromatic carbocycles. The van der Waals surface area contributed by atoms with Gasteiger partial charge in [-0.2, -0.15) is 0 Å². The number of para-hydroxylation sites is 1. The van der Waals surface area contributed by atoms with Crippen LogP contribution in [-0.2, 0) is 11.2 Å². The molecule has 0 aliphatic heterocycles. The Labute approximate surface area is 170 Å². The van der Waals surface area contributed by atoms with E-state index in [1.807, 2.05) is 74.5 Å². The van der Waals surface area contributed by atoms with E-state index in [1.165, 1.54) is 12.5 Å². The van der Waals surface area contributed by atoms with Crippen molar-refractivity contribution in [1.82, 2.24) is 14.9 Å². The summed E-state index contributed by atoms with van der Waals surface area (Å²) in [5.41, 5.74) is 7.17. The highest BCUT2D eigenvalue weighted by atomic mass is 16.3. The number of rotatable bonds is 7. The summed E-state index contributed by atoms with van der Waals surface area (Å²) in [4.78, 5) is 28.3. The van der Waals surface area contributed by atoms with E-state index in [1.54, 1.807) is 4.57 Å². The first-order valence-electron chi connectivity index (χ1n) is 9.46. The van der Waals surface area contributed by atoms with Gasteiger partial charge in [0.05, 0.1) is 18.6 Å². The molecule has 0 aliphatic carbocycles. The van der Waals surface area contributed by atoms with E-state index in [-0.39, 0.29) is 12.1 Å². The molecule has 7 nitrogen and oxygen atoms in total. The van der Waals surface area contributed by atoms with Crippen LogP contribution < -0.4 is 11.1 Å². The highest BCUT2D eigenvalue weighted by Gasteiger charge is 2.27. The number of amides is 2. The molecule has 7 heteroatoms. The molecule has 1 unspecified atom stereocenters. The fourth-order valence-electron chi connectivity index (χ4n) is 2.81. The van der Waals surface area contributed by atoms with E-state index < -0.39 is 24.0 Å². The van der Waals surface area contributed by atoms with Crippen LogP contribution in [0.25, 0.3) is 5.69 Å². The fraction of sp³-hybridized carbons (Fsp3) is 0.227. The number of aliphatic hydroxyl groups excluding tert-OH is 1. The monoisotopic (exact) mass is 394 g/mol. The van der Waals surface area contributed by atoms with Crippen LogP contribution in [0.1, 0.15) is 29.9 Å². The van der Waals surface area contributed by atoms with E-state index in [4.69, 9.17) is 5.73 Å². The number of imidazole rings is 1. The second-order valence-electron chi connectivity index (χ2n) is 6.10. The van der Waals surface area contributed by atoms with Crippen molar-refractivity contribution in [3.63, 3.8) is 0 Å². The molecule has 0 radical (unpaired) electrons. The average Bonchev–Trinajstić information content (AvgIpc) is 3.25. The Balaban J connectivity index is 0.00000145. The zero-order valence-electron chi connectivity index (χ0n) is 16.5. The molecule has 0 fully saturated rings. The number of nitrogens with one attached hydrogen (secondary N) is 1. The van der Waals surface area contributed by atoms with Crippen LogP contribution in [0.4, 0.5) is 0 Å². The molecular weight excluding hydrogens is 368 g/mol. The third-order valence-corrected chi connectivity index (χ3v) is 4.19. The van der Waals surface area contributed by atoms with Crippen LogP contribution >= 0.6 is 0 Å². The van der Waals surface area contributed by atoms with Crippen molar-refractivity contribution in [3.8, 4) is 5.69 Å². The normalized spacial score (nSPS) is 12.2. The Hall–Kier alpha value is -3.45. The van der Waals surface area contributed by atoms with Gasteiger partial charge < -0.3 is 16.2 Å². The number of nitrogens with zero attached hydrogens (tertiary/aromatic N) is 2. The third kappa shape index (κ3) is 5.76. The van der Waals surface area contributed by atoms with Gasteiger partial charge in [-0.05, 0) is 24.1 Å². The Kier molecular flexibility index (Phi) is 8.12. The van der Waals surface area contributed by atoms with Gasteiger partial charge in [0.25, 0.3) is 5.91 Å². The van der Waals surface area contributed by atoms with Gasteiger partial charge in [-0.1, -0.05) is 62.4 Å². The van der Waals surface area contributed by atoms with Crippen molar-refractivity contribution in [2.75, 3.05) is 0 Å². The first-order valence-corrected chi connectivity index (χ1v) is 9.46. The molecule has 3 aromatic rings. The summed E-state index contributed by atoms with van der Waals surface area (Å²) < 4.78 is 1.63. The maximum Gasteiger partial charge on any atom is 0.270 e. The SMILES string of the molecule is CC.NC(=O)C(O)[C@H](Cc1ccccc1)NC(=O)c1cncn1-c1ccccc1. The Morgan fingerprint density at radius 2 is 1.66 bits per heavy atom. The number of aliphatic hydroxyl groups is 1. The van der Waals surface area contributed by atoms with Crippen molar-refractivity contribution in [3.05, 3.63) is 84.4 Å². The maximum absolute atomic E-state index is 12.8. The second-order valence-corrected chi connectivity index (χ2v) is 6.10. The molecule has 1 heterocycles. The topological polar surface area (TPSA) is 110 Å². The number of benzene rings is 2. The van der Waals surface area contributed by atoms with E-state index in [0.717, 1.165) is 11.3 Å². The van der Waals surface area contributed by atoms with Gasteiger partial charge in [0.15, 0.2) is 6.10 Å². The number of nitrogens with two attached hydrogens (primary N) is 1. The van der Waals surface area contributed by atoms with Gasteiger partial charge in [0.1, 0.15) is 5.69 Å². The number of carbonyl (C=O) groups is 2. The summed E-state index contributed by atoms with van der Waals surface area (Å²) in [5.74, 6) is -1.36.